The minimum absolute atomic E-state index is 0.175. The van der Waals surface area contributed by atoms with Crippen LogP contribution in [0.3, 0.4) is 0 Å². The molecule has 0 spiro atoms. The van der Waals surface area contributed by atoms with Crippen LogP contribution < -0.4 is 0 Å². The van der Waals surface area contributed by atoms with Gasteiger partial charge in [-0.2, -0.15) is 0 Å². The maximum absolute atomic E-state index is 11.8. The molecule has 1 aromatic heterocycles. The average molecular weight is 298 g/mol. The van der Waals surface area contributed by atoms with Crippen LogP contribution in [0.5, 0.6) is 0 Å². The van der Waals surface area contributed by atoms with Crippen molar-refractivity contribution in [3.63, 3.8) is 0 Å². The molecule has 0 saturated heterocycles. The Morgan fingerprint density at radius 3 is 2.89 bits per heavy atom. The molecule has 0 aliphatic heterocycles. The number of thioether (sulfide) groups is 1. The van der Waals surface area contributed by atoms with Crippen molar-refractivity contribution in [2.75, 3.05) is 5.75 Å². The first-order valence-corrected chi connectivity index (χ1v) is 7.69. The van der Waals surface area contributed by atoms with Crippen LogP contribution in [-0.2, 0) is 11.2 Å². The molecular formula is C13H12ClNOS2. The highest BCUT2D eigenvalue weighted by molar-refractivity contribution is 8.00. The van der Waals surface area contributed by atoms with E-state index in [0.717, 1.165) is 15.6 Å². The zero-order valence-corrected chi connectivity index (χ0v) is 12.2. The fourth-order valence-corrected chi connectivity index (χ4v) is 3.32. The Morgan fingerprint density at radius 1 is 1.44 bits per heavy atom. The van der Waals surface area contributed by atoms with E-state index in [4.69, 9.17) is 11.6 Å². The summed E-state index contributed by atoms with van der Waals surface area (Å²) in [6.07, 6.45) is 0.413. The number of rotatable bonds is 5. The zero-order valence-electron chi connectivity index (χ0n) is 9.85. The molecule has 0 amide bonds. The van der Waals surface area contributed by atoms with Crippen molar-refractivity contribution in [1.29, 1.82) is 0 Å². The van der Waals surface area contributed by atoms with Gasteiger partial charge in [-0.15, -0.1) is 23.1 Å². The molecule has 18 heavy (non-hydrogen) atoms. The second kappa shape index (κ2) is 6.36. The summed E-state index contributed by atoms with van der Waals surface area (Å²) in [5.41, 5.74) is 0.974. The Bertz CT molecular complexity index is 553. The lowest BCUT2D eigenvalue weighted by Gasteiger charge is -2.02. The van der Waals surface area contributed by atoms with Crippen LogP contribution in [0.25, 0.3) is 0 Å². The second-order valence-corrected chi connectivity index (χ2v) is 6.18. The maximum atomic E-state index is 11.8. The van der Waals surface area contributed by atoms with Crippen molar-refractivity contribution in [2.45, 2.75) is 18.2 Å². The number of hydrogen-bond donors (Lipinski definition) is 0. The van der Waals surface area contributed by atoms with Gasteiger partial charge in [0, 0.05) is 16.0 Å². The summed E-state index contributed by atoms with van der Waals surface area (Å²) in [6.45, 7) is 1.93. The number of ketones is 1. The Labute approximate surface area is 119 Å². The molecule has 94 valence electrons. The molecule has 0 radical (unpaired) electrons. The van der Waals surface area contributed by atoms with Gasteiger partial charge < -0.3 is 0 Å². The van der Waals surface area contributed by atoms with Crippen molar-refractivity contribution in [2.24, 2.45) is 0 Å². The van der Waals surface area contributed by atoms with Gasteiger partial charge in [0.2, 0.25) is 0 Å². The van der Waals surface area contributed by atoms with E-state index >= 15 is 0 Å². The molecule has 2 nitrogen and oxygen atoms in total. The molecular weight excluding hydrogens is 286 g/mol. The number of benzene rings is 1. The minimum Gasteiger partial charge on any atom is -0.298 e. The van der Waals surface area contributed by atoms with E-state index in [2.05, 4.69) is 4.98 Å². The van der Waals surface area contributed by atoms with Crippen LogP contribution in [0.15, 0.2) is 34.5 Å². The highest BCUT2D eigenvalue weighted by Crippen LogP contribution is 2.26. The normalized spacial score (nSPS) is 10.6. The number of nitrogens with zero attached hydrogens (tertiary/aromatic N) is 1. The molecule has 1 heterocycles. The summed E-state index contributed by atoms with van der Waals surface area (Å²) < 4.78 is 0. The third-order valence-electron chi connectivity index (χ3n) is 2.24. The zero-order chi connectivity index (χ0) is 13.0. The molecule has 2 aromatic rings. The van der Waals surface area contributed by atoms with Crippen LogP contribution in [0.2, 0.25) is 5.02 Å². The predicted molar refractivity (Wildman–Crippen MR) is 77.7 cm³/mol. The van der Waals surface area contributed by atoms with Gasteiger partial charge in [0.25, 0.3) is 0 Å². The van der Waals surface area contributed by atoms with E-state index in [1.54, 1.807) is 0 Å². The number of aryl methyl sites for hydroxylation is 1. The molecule has 2 rings (SSSR count). The van der Waals surface area contributed by atoms with Crippen LogP contribution in [0, 0.1) is 6.92 Å². The molecule has 0 aliphatic carbocycles. The van der Waals surface area contributed by atoms with Crippen molar-refractivity contribution < 1.29 is 4.79 Å². The SMILES string of the molecule is Cc1csc(CC(=O)CSc2ccccc2Cl)n1. The van der Waals surface area contributed by atoms with Crippen molar-refractivity contribution in [3.8, 4) is 0 Å². The fraction of sp³-hybridized carbons (Fsp3) is 0.231. The van der Waals surface area contributed by atoms with Gasteiger partial charge in [0.1, 0.15) is 10.8 Å². The van der Waals surface area contributed by atoms with Crippen LogP contribution in [0.4, 0.5) is 0 Å². The van der Waals surface area contributed by atoms with Crippen molar-refractivity contribution in [3.05, 3.63) is 45.4 Å². The number of hydrogen-bond acceptors (Lipinski definition) is 4. The molecule has 1 aromatic carbocycles. The lowest BCUT2D eigenvalue weighted by molar-refractivity contribution is -0.116. The van der Waals surface area contributed by atoms with Crippen LogP contribution in [-0.4, -0.2) is 16.5 Å². The number of carbonyl (C=O) groups excluding carboxylic acids is 1. The van der Waals surface area contributed by atoms with Gasteiger partial charge in [-0.05, 0) is 19.1 Å². The van der Waals surface area contributed by atoms with Gasteiger partial charge >= 0.3 is 0 Å². The standard InChI is InChI=1S/C13H12ClNOS2/c1-9-7-18-13(15-9)6-10(16)8-17-12-5-3-2-4-11(12)14/h2-5,7H,6,8H2,1H3. The fourth-order valence-electron chi connectivity index (χ4n) is 1.42. The van der Waals surface area contributed by atoms with Crippen molar-refractivity contribution in [1.82, 2.24) is 4.98 Å². The van der Waals surface area contributed by atoms with Gasteiger partial charge in [-0.1, -0.05) is 23.7 Å². The quantitative estimate of drug-likeness (QED) is 0.781. The lowest BCUT2D eigenvalue weighted by Crippen LogP contribution is -2.05. The summed E-state index contributed by atoms with van der Waals surface area (Å²) in [5.74, 6) is 0.608. The largest absolute Gasteiger partial charge is 0.298 e. The van der Waals surface area contributed by atoms with E-state index in [1.807, 2.05) is 36.6 Å². The Hall–Kier alpha value is -0.840. The van der Waals surface area contributed by atoms with Crippen LogP contribution >= 0.6 is 34.7 Å². The van der Waals surface area contributed by atoms with Gasteiger partial charge in [-0.25, -0.2) is 4.98 Å². The highest BCUT2D eigenvalue weighted by atomic mass is 35.5. The molecule has 0 atom stereocenters. The summed E-state index contributed by atoms with van der Waals surface area (Å²) in [7, 11) is 0. The van der Waals surface area contributed by atoms with Crippen LogP contribution in [0.1, 0.15) is 10.7 Å². The van der Waals surface area contributed by atoms with E-state index in [9.17, 15) is 4.79 Å². The van der Waals surface area contributed by atoms with Gasteiger partial charge in [0.15, 0.2) is 0 Å². The molecule has 5 heteroatoms. The summed E-state index contributed by atoms with van der Waals surface area (Å²) >= 11 is 9.04. The first-order chi connectivity index (χ1) is 8.65. The van der Waals surface area contributed by atoms with Crippen molar-refractivity contribution >= 4 is 40.5 Å². The summed E-state index contributed by atoms with van der Waals surface area (Å²) in [4.78, 5) is 17.0. The maximum Gasteiger partial charge on any atom is 0.149 e. The third kappa shape index (κ3) is 3.83. The van der Waals surface area contributed by atoms with E-state index in [1.165, 1.54) is 23.1 Å². The molecule has 0 fully saturated rings. The Kier molecular flexibility index (Phi) is 4.80. The second-order valence-electron chi connectivity index (χ2n) is 3.82. The average Bonchev–Trinajstić information content (AvgIpc) is 2.74. The molecule has 0 N–H and O–H groups in total. The molecule has 0 saturated carbocycles. The third-order valence-corrected chi connectivity index (χ3v) is 4.78. The molecule has 0 unspecified atom stereocenters. The van der Waals surface area contributed by atoms with E-state index < -0.39 is 0 Å². The van der Waals surface area contributed by atoms with E-state index in [0.29, 0.717) is 17.2 Å². The number of aromatic nitrogens is 1. The Balaban J connectivity index is 1.87. The summed E-state index contributed by atoms with van der Waals surface area (Å²) in [5, 5.41) is 3.54. The number of Topliss-reactive ketones (excluding diaryl/α,β-unsaturated/α-hetero) is 1. The predicted octanol–water partition coefficient (Wildman–Crippen LogP) is 4.01. The first-order valence-electron chi connectivity index (χ1n) is 5.45. The minimum atomic E-state index is 0.175. The molecule has 0 bridgehead atoms. The van der Waals surface area contributed by atoms with Gasteiger partial charge in [-0.3, -0.25) is 4.79 Å². The number of thiazole rings is 1. The highest BCUT2D eigenvalue weighted by Gasteiger charge is 2.08. The number of halogens is 1. The summed E-state index contributed by atoms with van der Waals surface area (Å²) in [6, 6.07) is 7.56. The first kappa shape index (κ1) is 13.6. The monoisotopic (exact) mass is 297 g/mol. The van der Waals surface area contributed by atoms with E-state index in [-0.39, 0.29) is 5.78 Å². The smallest absolute Gasteiger partial charge is 0.149 e. The Morgan fingerprint density at radius 2 is 2.22 bits per heavy atom. The topological polar surface area (TPSA) is 30.0 Å². The molecule has 0 aliphatic rings. The van der Waals surface area contributed by atoms with Gasteiger partial charge in [0.05, 0.1) is 17.2 Å². The number of carbonyl (C=O) groups is 1. The lowest BCUT2D eigenvalue weighted by atomic mass is 10.3.